The van der Waals surface area contributed by atoms with Crippen LogP contribution in [-0.2, 0) is 11.8 Å². The first-order valence-corrected chi connectivity index (χ1v) is 8.74. The van der Waals surface area contributed by atoms with Gasteiger partial charge in [-0.05, 0) is 24.3 Å². The van der Waals surface area contributed by atoms with Crippen LogP contribution in [0.15, 0.2) is 53.7 Å². The number of benzene rings is 2. The van der Waals surface area contributed by atoms with Gasteiger partial charge in [-0.15, -0.1) is 10.2 Å². The molecule has 0 atom stereocenters. The highest BCUT2D eigenvalue weighted by Gasteiger charge is 2.15. The normalized spacial score (nSPS) is 10.7. The molecule has 2 aromatic carbocycles. The van der Waals surface area contributed by atoms with Gasteiger partial charge in [0, 0.05) is 7.05 Å². The van der Waals surface area contributed by atoms with Crippen molar-refractivity contribution in [3.63, 3.8) is 0 Å². The summed E-state index contributed by atoms with van der Waals surface area (Å²) in [5.74, 6) is -0.0410. The van der Waals surface area contributed by atoms with E-state index in [0.29, 0.717) is 27.3 Å². The molecule has 8 heteroatoms. The summed E-state index contributed by atoms with van der Waals surface area (Å²) in [6, 6.07) is 13.4. The number of hydrogen-bond acceptors (Lipinski definition) is 4. The molecule has 0 saturated heterocycles. The largest absolute Gasteiger partial charge is 0.324 e. The van der Waals surface area contributed by atoms with Gasteiger partial charge in [-0.3, -0.25) is 4.79 Å². The maximum Gasteiger partial charge on any atom is 0.234 e. The summed E-state index contributed by atoms with van der Waals surface area (Å²) in [7, 11) is 1.73. The zero-order valence-corrected chi connectivity index (χ0v) is 14.8. The molecule has 0 saturated carbocycles. The molecule has 1 heterocycles. The summed E-state index contributed by atoms with van der Waals surface area (Å²) < 4.78 is 15.6. The van der Waals surface area contributed by atoms with Gasteiger partial charge in [0.1, 0.15) is 5.82 Å². The van der Waals surface area contributed by atoms with Crippen LogP contribution in [0.25, 0.3) is 11.4 Å². The first-order chi connectivity index (χ1) is 12.1. The Morgan fingerprint density at radius 1 is 1.20 bits per heavy atom. The third-order valence-electron chi connectivity index (χ3n) is 3.43. The predicted octanol–water partition coefficient (Wildman–Crippen LogP) is 4.01. The second-order valence-corrected chi connectivity index (χ2v) is 6.51. The van der Waals surface area contributed by atoms with Gasteiger partial charge in [-0.2, -0.15) is 0 Å². The lowest BCUT2D eigenvalue weighted by Crippen LogP contribution is -2.14. The molecular weight excluding hydrogens is 363 g/mol. The van der Waals surface area contributed by atoms with Crippen LogP contribution in [0.3, 0.4) is 0 Å². The fraction of sp³-hybridized carbons (Fsp3) is 0.118. The van der Waals surface area contributed by atoms with E-state index in [1.54, 1.807) is 54.1 Å². The lowest BCUT2D eigenvalue weighted by molar-refractivity contribution is -0.113. The molecule has 0 unspecified atom stereocenters. The van der Waals surface area contributed by atoms with Gasteiger partial charge in [0.15, 0.2) is 11.0 Å². The molecule has 25 heavy (non-hydrogen) atoms. The number of aromatic nitrogens is 3. The van der Waals surface area contributed by atoms with E-state index in [0.717, 1.165) is 0 Å². The quantitative estimate of drug-likeness (QED) is 0.683. The zero-order valence-electron chi connectivity index (χ0n) is 13.2. The van der Waals surface area contributed by atoms with Crippen LogP contribution in [0.5, 0.6) is 0 Å². The topological polar surface area (TPSA) is 59.8 Å². The van der Waals surface area contributed by atoms with E-state index < -0.39 is 0 Å². The number of para-hydroxylation sites is 1. The van der Waals surface area contributed by atoms with Crippen molar-refractivity contribution < 1.29 is 9.18 Å². The smallest absolute Gasteiger partial charge is 0.234 e. The van der Waals surface area contributed by atoms with Crippen molar-refractivity contribution in [3.05, 3.63) is 59.4 Å². The van der Waals surface area contributed by atoms with E-state index >= 15 is 0 Å². The van der Waals surface area contributed by atoms with Crippen LogP contribution in [0, 0.1) is 5.82 Å². The van der Waals surface area contributed by atoms with Crippen molar-refractivity contribution in [2.24, 2.45) is 7.05 Å². The number of nitrogens with zero attached hydrogens (tertiary/aromatic N) is 3. The lowest BCUT2D eigenvalue weighted by Gasteiger charge is -2.07. The Bertz CT molecular complexity index is 915. The molecule has 0 aliphatic heterocycles. The molecule has 1 aromatic heterocycles. The highest BCUT2D eigenvalue weighted by molar-refractivity contribution is 7.99. The number of anilines is 1. The number of thioether (sulfide) groups is 1. The Morgan fingerprint density at radius 3 is 2.68 bits per heavy atom. The Kier molecular flexibility index (Phi) is 5.35. The van der Waals surface area contributed by atoms with E-state index in [2.05, 4.69) is 15.5 Å². The minimum Gasteiger partial charge on any atom is -0.324 e. The first kappa shape index (κ1) is 17.4. The highest BCUT2D eigenvalue weighted by Crippen LogP contribution is 2.25. The molecule has 3 aromatic rings. The SMILES string of the molecule is Cn1c(SCC(=O)Nc2ccccc2Cl)nnc1-c1ccccc1F. The number of carbonyl (C=O) groups excluding carboxylic acids is 1. The van der Waals surface area contributed by atoms with Crippen molar-refractivity contribution in [2.75, 3.05) is 11.1 Å². The van der Waals surface area contributed by atoms with Gasteiger partial charge in [-0.25, -0.2) is 4.39 Å². The van der Waals surface area contributed by atoms with Crippen molar-refractivity contribution >= 4 is 35.0 Å². The number of amides is 1. The molecule has 1 amide bonds. The molecule has 0 radical (unpaired) electrons. The van der Waals surface area contributed by atoms with Crippen LogP contribution in [0.1, 0.15) is 0 Å². The van der Waals surface area contributed by atoms with E-state index in [4.69, 9.17) is 11.6 Å². The average molecular weight is 377 g/mol. The molecule has 5 nitrogen and oxygen atoms in total. The molecular formula is C17H14ClFN4OS. The molecule has 0 bridgehead atoms. The molecule has 0 spiro atoms. The van der Waals surface area contributed by atoms with Crippen LogP contribution >= 0.6 is 23.4 Å². The molecule has 128 valence electrons. The minimum atomic E-state index is -0.369. The van der Waals surface area contributed by atoms with Gasteiger partial charge >= 0.3 is 0 Å². The van der Waals surface area contributed by atoms with Crippen molar-refractivity contribution in [3.8, 4) is 11.4 Å². The number of hydrogen-bond donors (Lipinski definition) is 1. The maximum absolute atomic E-state index is 13.9. The molecule has 3 rings (SSSR count). The second-order valence-electron chi connectivity index (χ2n) is 5.16. The molecule has 0 aliphatic rings. The van der Waals surface area contributed by atoms with Crippen molar-refractivity contribution in [1.82, 2.24) is 14.8 Å². The maximum atomic E-state index is 13.9. The molecule has 0 fully saturated rings. The van der Waals surface area contributed by atoms with E-state index in [-0.39, 0.29) is 17.5 Å². The summed E-state index contributed by atoms with van der Waals surface area (Å²) in [6.45, 7) is 0. The summed E-state index contributed by atoms with van der Waals surface area (Å²) in [5.41, 5.74) is 0.921. The third-order valence-corrected chi connectivity index (χ3v) is 4.78. The molecule has 0 aliphatic carbocycles. The third kappa shape index (κ3) is 4.00. The van der Waals surface area contributed by atoms with Crippen LogP contribution in [0.2, 0.25) is 5.02 Å². The van der Waals surface area contributed by atoms with E-state index in [9.17, 15) is 9.18 Å². The van der Waals surface area contributed by atoms with Gasteiger partial charge in [-0.1, -0.05) is 47.6 Å². The Labute approximate surface area is 153 Å². The van der Waals surface area contributed by atoms with Gasteiger partial charge in [0.25, 0.3) is 0 Å². The van der Waals surface area contributed by atoms with Crippen LogP contribution in [0.4, 0.5) is 10.1 Å². The number of rotatable bonds is 5. The average Bonchev–Trinajstić information content (AvgIpc) is 2.96. The van der Waals surface area contributed by atoms with Gasteiger partial charge in [0.2, 0.25) is 5.91 Å². The Hall–Kier alpha value is -2.38. The molecule has 1 N–H and O–H groups in total. The number of carbonyl (C=O) groups is 1. The fourth-order valence-electron chi connectivity index (χ4n) is 2.20. The monoisotopic (exact) mass is 376 g/mol. The minimum absolute atomic E-state index is 0.133. The first-order valence-electron chi connectivity index (χ1n) is 7.37. The summed E-state index contributed by atoms with van der Waals surface area (Å²) in [4.78, 5) is 12.1. The van der Waals surface area contributed by atoms with Gasteiger partial charge in [0.05, 0.1) is 22.0 Å². The number of halogens is 2. The Morgan fingerprint density at radius 2 is 1.92 bits per heavy atom. The standard InChI is InChI=1S/C17H14ClFN4OS/c1-23-16(11-6-2-4-8-13(11)19)21-22-17(23)25-10-15(24)20-14-9-5-3-7-12(14)18/h2-9H,10H2,1H3,(H,20,24). The van der Waals surface area contributed by atoms with Gasteiger partial charge < -0.3 is 9.88 Å². The van der Waals surface area contributed by atoms with Crippen LogP contribution in [-0.4, -0.2) is 26.4 Å². The fourth-order valence-corrected chi connectivity index (χ4v) is 3.09. The second kappa shape index (κ2) is 7.67. The number of nitrogens with one attached hydrogen (secondary N) is 1. The lowest BCUT2D eigenvalue weighted by atomic mass is 10.2. The Balaban J connectivity index is 1.67. The predicted molar refractivity (Wildman–Crippen MR) is 97.2 cm³/mol. The highest BCUT2D eigenvalue weighted by atomic mass is 35.5. The zero-order chi connectivity index (χ0) is 17.8. The van der Waals surface area contributed by atoms with E-state index in [1.165, 1.54) is 17.8 Å². The summed E-state index contributed by atoms with van der Waals surface area (Å²) in [5, 5.41) is 11.8. The van der Waals surface area contributed by atoms with Crippen molar-refractivity contribution in [2.45, 2.75) is 5.16 Å². The van der Waals surface area contributed by atoms with Crippen molar-refractivity contribution in [1.29, 1.82) is 0 Å². The summed E-state index contributed by atoms with van der Waals surface area (Å²) >= 11 is 7.23. The van der Waals surface area contributed by atoms with Crippen LogP contribution < -0.4 is 5.32 Å². The summed E-state index contributed by atoms with van der Waals surface area (Å²) in [6.07, 6.45) is 0. The van der Waals surface area contributed by atoms with E-state index in [1.807, 2.05) is 0 Å².